The minimum absolute atomic E-state index is 0.00905. The molecule has 0 bridgehead atoms. The molecular weight excluding hydrogens is 580 g/mol. The first-order valence-corrected chi connectivity index (χ1v) is 13.4. The van der Waals surface area contributed by atoms with E-state index in [1.807, 2.05) is 30.3 Å². The van der Waals surface area contributed by atoms with Gasteiger partial charge in [-0.25, -0.2) is 9.18 Å². The summed E-state index contributed by atoms with van der Waals surface area (Å²) < 4.78 is 58.0. The number of methoxy groups -OCH3 is 1. The van der Waals surface area contributed by atoms with E-state index in [0.29, 0.717) is 23.2 Å². The second kappa shape index (κ2) is 15.0. The number of primary amides is 1. The minimum Gasteiger partial charge on any atom is -0.488 e. The predicted molar refractivity (Wildman–Crippen MR) is 150 cm³/mol. The maximum atomic E-state index is 15.7. The molecule has 226 valence electrons. The molecule has 4 rings (SSSR count). The Morgan fingerprint density at radius 2 is 1.74 bits per heavy atom. The van der Waals surface area contributed by atoms with Crippen molar-refractivity contribution in [1.29, 1.82) is 0 Å². The van der Waals surface area contributed by atoms with E-state index < -0.39 is 23.9 Å². The average molecular weight is 611 g/mol. The zero-order valence-corrected chi connectivity index (χ0v) is 23.5. The smallest absolute Gasteiger partial charge is 0.488 e. The van der Waals surface area contributed by atoms with Crippen LogP contribution in [0.3, 0.4) is 0 Å². The normalized spacial score (nSPS) is 13.9. The van der Waals surface area contributed by atoms with Crippen LogP contribution in [-0.4, -0.2) is 56.1 Å². The highest BCUT2D eigenvalue weighted by Crippen LogP contribution is 2.39. The zero-order valence-electron chi connectivity index (χ0n) is 22.7. The lowest BCUT2D eigenvalue weighted by atomic mass is 9.87. The van der Waals surface area contributed by atoms with Crippen molar-refractivity contribution in [3.05, 3.63) is 88.2 Å². The number of nitrogens with one attached hydrogen (secondary N) is 1. The Morgan fingerprint density at radius 3 is 2.29 bits per heavy atom. The van der Waals surface area contributed by atoms with E-state index in [1.54, 1.807) is 6.07 Å². The number of carbonyl (C=O) groups is 2. The fraction of sp³-hybridized carbons (Fsp3) is 0.333. The van der Waals surface area contributed by atoms with Crippen molar-refractivity contribution in [2.45, 2.75) is 37.4 Å². The van der Waals surface area contributed by atoms with Crippen molar-refractivity contribution in [2.75, 3.05) is 26.9 Å². The molecule has 0 radical (unpaired) electrons. The monoisotopic (exact) mass is 610 g/mol. The summed E-state index contributed by atoms with van der Waals surface area (Å²) in [4.78, 5) is 21.1. The zero-order chi connectivity index (χ0) is 30.9. The number of carboxylic acids is 1. The molecule has 12 heteroatoms. The van der Waals surface area contributed by atoms with Gasteiger partial charge in [0.05, 0.1) is 12.2 Å². The standard InChI is InChI=1S/C28H30ClFN2O3.C2HF3O2/c1-34-14-15-35-25-13-11-21(28(31)33)26(27(25)30)22-16-19(10-12-24(22)29)23(17-32-20-8-5-9-20)18-6-3-2-4-7-18;3-2(4,5)1(6)7/h2-4,6-7,10-13,16,20,23,32H,5,8-9,14-15,17H2,1H3,(H2,31,33);(H,6,7). The van der Waals surface area contributed by atoms with Gasteiger partial charge in [-0.3, -0.25) is 4.79 Å². The lowest BCUT2D eigenvalue weighted by Gasteiger charge is -2.29. The molecule has 0 heterocycles. The van der Waals surface area contributed by atoms with Crippen LogP contribution in [0.1, 0.15) is 46.7 Å². The molecule has 0 aliphatic heterocycles. The molecule has 1 saturated carbocycles. The van der Waals surface area contributed by atoms with Crippen molar-refractivity contribution in [3.8, 4) is 16.9 Å². The molecule has 0 saturated heterocycles. The largest absolute Gasteiger partial charge is 0.490 e. The lowest BCUT2D eigenvalue weighted by molar-refractivity contribution is -0.192. The van der Waals surface area contributed by atoms with E-state index in [0.717, 1.165) is 17.7 Å². The molecule has 1 unspecified atom stereocenters. The van der Waals surface area contributed by atoms with Crippen molar-refractivity contribution < 1.29 is 41.7 Å². The molecular formula is C30H31ClF4N2O5. The number of benzene rings is 3. The van der Waals surface area contributed by atoms with Gasteiger partial charge in [-0.1, -0.05) is 54.4 Å². The fourth-order valence-electron chi connectivity index (χ4n) is 4.33. The maximum Gasteiger partial charge on any atom is 0.490 e. The summed E-state index contributed by atoms with van der Waals surface area (Å²) in [5, 5.41) is 11.1. The lowest BCUT2D eigenvalue weighted by Crippen LogP contribution is -2.37. The molecule has 3 aromatic rings. The van der Waals surface area contributed by atoms with Gasteiger partial charge >= 0.3 is 12.1 Å². The van der Waals surface area contributed by atoms with Gasteiger partial charge in [0.1, 0.15) is 6.61 Å². The van der Waals surface area contributed by atoms with Gasteiger partial charge in [-0.2, -0.15) is 13.2 Å². The van der Waals surface area contributed by atoms with Crippen LogP contribution in [0, 0.1) is 5.82 Å². The maximum absolute atomic E-state index is 15.7. The van der Waals surface area contributed by atoms with Crippen molar-refractivity contribution in [2.24, 2.45) is 5.73 Å². The van der Waals surface area contributed by atoms with Crippen LogP contribution >= 0.6 is 11.6 Å². The van der Waals surface area contributed by atoms with Gasteiger partial charge < -0.3 is 25.6 Å². The molecule has 1 atom stereocenters. The quantitative estimate of drug-likeness (QED) is 0.177. The van der Waals surface area contributed by atoms with E-state index in [9.17, 15) is 18.0 Å². The molecule has 1 fully saturated rings. The van der Waals surface area contributed by atoms with E-state index in [1.165, 1.54) is 38.5 Å². The molecule has 1 aliphatic rings. The first-order chi connectivity index (χ1) is 19.9. The number of hydrogen-bond donors (Lipinski definition) is 3. The van der Waals surface area contributed by atoms with Crippen LogP contribution in [0.4, 0.5) is 17.6 Å². The highest BCUT2D eigenvalue weighted by molar-refractivity contribution is 6.33. The summed E-state index contributed by atoms with van der Waals surface area (Å²) in [6, 6.07) is 19.1. The van der Waals surface area contributed by atoms with Crippen LogP contribution in [0.5, 0.6) is 5.75 Å². The number of alkyl halides is 3. The summed E-state index contributed by atoms with van der Waals surface area (Å²) in [6.45, 7) is 1.20. The van der Waals surface area contributed by atoms with Gasteiger partial charge in [0.15, 0.2) is 11.6 Å². The first-order valence-electron chi connectivity index (χ1n) is 13.1. The Bertz CT molecular complexity index is 1370. The number of halogens is 5. The van der Waals surface area contributed by atoms with Gasteiger partial charge in [-0.15, -0.1) is 0 Å². The van der Waals surface area contributed by atoms with E-state index >= 15 is 4.39 Å². The average Bonchev–Trinajstić information content (AvgIpc) is 2.92. The highest BCUT2D eigenvalue weighted by Gasteiger charge is 2.38. The second-order valence-corrected chi connectivity index (χ2v) is 9.95. The van der Waals surface area contributed by atoms with Gasteiger partial charge in [0, 0.05) is 41.8 Å². The second-order valence-electron chi connectivity index (χ2n) is 9.55. The van der Waals surface area contributed by atoms with Gasteiger partial charge in [0.2, 0.25) is 5.91 Å². The third kappa shape index (κ3) is 8.67. The summed E-state index contributed by atoms with van der Waals surface area (Å²) in [6.07, 6.45) is -1.48. The fourth-order valence-corrected chi connectivity index (χ4v) is 4.55. The number of amides is 1. The van der Waals surface area contributed by atoms with Crippen LogP contribution in [-0.2, 0) is 9.53 Å². The Morgan fingerprint density at radius 1 is 1.07 bits per heavy atom. The number of nitrogens with two attached hydrogens (primary N) is 1. The molecule has 3 aromatic carbocycles. The van der Waals surface area contributed by atoms with Crippen molar-refractivity contribution in [3.63, 3.8) is 0 Å². The molecule has 42 heavy (non-hydrogen) atoms. The number of rotatable bonds is 11. The van der Waals surface area contributed by atoms with Crippen LogP contribution in [0.2, 0.25) is 5.02 Å². The van der Waals surface area contributed by atoms with Crippen LogP contribution in [0.25, 0.3) is 11.1 Å². The van der Waals surface area contributed by atoms with Crippen molar-refractivity contribution >= 4 is 23.5 Å². The first kappa shape index (κ1) is 32.8. The van der Waals surface area contributed by atoms with Gasteiger partial charge in [0.25, 0.3) is 0 Å². The molecule has 4 N–H and O–H groups in total. The number of aliphatic carboxylic acids is 1. The summed E-state index contributed by atoms with van der Waals surface area (Å²) in [7, 11) is 1.54. The molecule has 1 aliphatic carbocycles. The number of ether oxygens (including phenoxy) is 2. The Balaban J connectivity index is 0.000000616. The predicted octanol–water partition coefficient (Wildman–Crippen LogP) is 6.18. The summed E-state index contributed by atoms with van der Waals surface area (Å²) >= 11 is 6.57. The summed E-state index contributed by atoms with van der Waals surface area (Å²) in [5.41, 5.74) is 8.20. The Kier molecular flexibility index (Phi) is 11.7. The third-order valence-corrected chi connectivity index (χ3v) is 7.07. The number of carboxylic acid groups (broad SMARTS) is 1. The van der Waals surface area contributed by atoms with Crippen molar-refractivity contribution in [1.82, 2.24) is 5.32 Å². The van der Waals surface area contributed by atoms with Gasteiger partial charge in [-0.05, 0) is 48.2 Å². The Hall–Kier alpha value is -3.67. The molecule has 0 aromatic heterocycles. The highest BCUT2D eigenvalue weighted by atomic mass is 35.5. The van der Waals surface area contributed by atoms with Crippen LogP contribution in [0.15, 0.2) is 60.7 Å². The number of hydrogen-bond acceptors (Lipinski definition) is 5. The molecule has 7 nitrogen and oxygen atoms in total. The van der Waals surface area contributed by atoms with E-state index in [2.05, 4.69) is 17.4 Å². The van der Waals surface area contributed by atoms with E-state index in [-0.39, 0.29) is 29.4 Å². The van der Waals surface area contributed by atoms with Crippen LogP contribution < -0.4 is 15.8 Å². The summed E-state index contributed by atoms with van der Waals surface area (Å²) in [5.74, 6) is -4.15. The molecule has 1 amide bonds. The third-order valence-electron chi connectivity index (χ3n) is 6.74. The number of carbonyl (C=O) groups excluding carboxylic acids is 1. The SMILES string of the molecule is COCCOc1ccc(C(N)=O)c(-c2cc(C(CNC3CCC3)c3ccccc3)ccc2Cl)c1F.O=C(O)C(F)(F)F. The van der Waals surface area contributed by atoms with E-state index in [4.69, 9.17) is 36.7 Å². The molecule has 0 spiro atoms. The topological polar surface area (TPSA) is 111 Å². The Labute approximate surface area is 245 Å². The minimum atomic E-state index is -5.08.